The van der Waals surface area contributed by atoms with E-state index in [1.54, 1.807) is 10.9 Å². The molecule has 112 valence electrons. The van der Waals surface area contributed by atoms with Crippen molar-refractivity contribution in [1.29, 1.82) is 0 Å². The largest absolute Gasteiger partial charge is 0.463 e. The number of hydrogen-bond acceptors (Lipinski definition) is 4. The van der Waals surface area contributed by atoms with E-state index in [2.05, 4.69) is 5.10 Å². The lowest BCUT2D eigenvalue weighted by Gasteiger charge is -2.07. The topological polar surface area (TPSA) is 53.4 Å². The molecule has 0 atom stereocenters. The molecule has 0 bridgehead atoms. The third-order valence-corrected chi connectivity index (χ3v) is 2.95. The molecule has 0 fully saturated rings. The van der Waals surface area contributed by atoms with Gasteiger partial charge in [-0.3, -0.25) is 9.48 Å². The molecule has 0 N–H and O–H groups in total. The van der Waals surface area contributed by atoms with Gasteiger partial charge in [0.25, 0.3) is 0 Å². The summed E-state index contributed by atoms with van der Waals surface area (Å²) in [7, 11) is 0. The fraction of sp³-hybridized carbons (Fsp3) is 0.375. The van der Waals surface area contributed by atoms with E-state index in [1.807, 2.05) is 43.5 Å². The average molecular weight is 288 g/mol. The van der Waals surface area contributed by atoms with Crippen molar-refractivity contribution in [2.75, 3.05) is 19.8 Å². The number of ether oxygens (including phenoxy) is 2. The number of carbonyl (C=O) groups is 1. The molecule has 1 aromatic carbocycles. The van der Waals surface area contributed by atoms with Crippen LogP contribution in [0.1, 0.15) is 11.1 Å². The first-order valence-corrected chi connectivity index (χ1v) is 7.00. The lowest BCUT2D eigenvalue weighted by atomic mass is 10.1. The van der Waals surface area contributed by atoms with Gasteiger partial charge in [-0.1, -0.05) is 29.8 Å². The van der Waals surface area contributed by atoms with Crippen molar-refractivity contribution < 1.29 is 14.3 Å². The number of aromatic nitrogens is 2. The number of aryl methyl sites for hydroxylation is 1. The number of rotatable bonds is 8. The summed E-state index contributed by atoms with van der Waals surface area (Å²) < 4.78 is 12.3. The molecule has 0 spiro atoms. The molecule has 0 amide bonds. The predicted molar refractivity (Wildman–Crippen MR) is 78.9 cm³/mol. The molecule has 0 saturated heterocycles. The lowest BCUT2D eigenvalue weighted by Crippen LogP contribution is -2.14. The normalized spacial score (nSPS) is 10.5. The molecule has 0 aliphatic carbocycles. The van der Waals surface area contributed by atoms with Gasteiger partial charge in [0.2, 0.25) is 0 Å². The Kier molecular flexibility index (Phi) is 5.97. The van der Waals surface area contributed by atoms with E-state index in [4.69, 9.17) is 9.47 Å². The van der Waals surface area contributed by atoms with Gasteiger partial charge in [-0.15, -0.1) is 0 Å². The van der Waals surface area contributed by atoms with Crippen LogP contribution in [0.3, 0.4) is 0 Å². The Bertz CT molecular complexity index is 552. The van der Waals surface area contributed by atoms with E-state index in [0.29, 0.717) is 26.2 Å². The Hall–Kier alpha value is -2.14. The average Bonchev–Trinajstić information content (AvgIpc) is 2.96. The lowest BCUT2D eigenvalue weighted by molar-refractivity contribution is -0.144. The Morgan fingerprint density at radius 2 is 2.14 bits per heavy atom. The summed E-state index contributed by atoms with van der Waals surface area (Å²) in [5, 5.41) is 4.07. The molecule has 0 saturated carbocycles. The summed E-state index contributed by atoms with van der Waals surface area (Å²) in [4.78, 5) is 11.7. The quantitative estimate of drug-likeness (QED) is 0.550. The first-order valence-electron chi connectivity index (χ1n) is 7.00. The monoisotopic (exact) mass is 288 g/mol. The van der Waals surface area contributed by atoms with Crippen molar-refractivity contribution in [2.24, 2.45) is 0 Å². The molecule has 1 heterocycles. The number of esters is 1. The van der Waals surface area contributed by atoms with Gasteiger partial charge >= 0.3 is 5.97 Å². The molecule has 1 aromatic heterocycles. The van der Waals surface area contributed by atoms with E-state index in [1.165, 1.54) is 0 Å². The van der Waals surface area contributed by atoms with E-state index in [-0.39, 0.29) is 12.6 Å². The summed E-state index contributed by atoms with van der Waals surface area (Å²) in [6.45, 7) is 3.94. The number of carbonyl (C=O) groups excluding carboxylic acids is 1. The number of hydrogen-bond donors (Lipinski definition) is 0. The van der Waals surface area contributed by atoms with Gasteiger partial charge in [0.15, 0.2) is 0 Å². The zero-order valence-electron chi connectivity index (χ0n) is 12.2. The van der Waals surface area contributed by atoms with E-state index in [9.17, 15) is 4.79 Å². The third kappa shape index (κ3) is 5.79. The van der Waals surface area contributed by atoms with Crippen LogP contribution in [-0.2, 0) is 27.2 Å². The van der Waals surface area contributed by atoms with Crippen molar-refractivity contribution in [1.82, 2.24) is 9.78 Å². The molecular weight excluding hydrogens is 268 g/mol. The molecule has 5 heteroatoms. The number of benzene rings is 1. The molecule has 0 aliphatic rings. The molecule has 0 unspecified atom stereocenters. The van der Waals surface area contributed by atoms with Gasteiger partial charge < -0.3 is 9.47 Å². The maximum atomic E-state index is 11.7. The fourth-order valence-corrected chi connectivity index (χ4v) is 1.95. The minimum atomic E-state index is -0.226. The van der Waals surface area contributed by atoms with Crippen molar-refractivity contribution >= 4 is 5.97 Å². The summed E-state index contributed by atoms with van der Waals surface area (Å²) in [6, 6.07) is 9.72. The number of nitrogens with zero attached hydrogens (tertiary/aromatic N) is 2. The van der Waals surface area contributed by atoms with Crippen LogP contribution in [0.5, 0.6) is 0 Å². The van der Waals surface area contributed by atoms with Crippen molar-refractivity contribution in [3.8, 4) is 0 Å². The Labute approximate surface area is 124 Å². The second-order valence-corrected chi connectivity index (χ2v) is 4.77. The summed E-state index contributed by atoms with van der Waals surface area (Å²) in [6.07, 6.45) is 3.91. The van der Waals surface area contributed by atoms with E-state index < -0.39 is 0 Å². The van der Waals surface area contributed by atoms with Crippen LogP contribution < -0.4 is 0 Å². The summed E-state index contributed by atoms with van der Waals surface area (Å²) >= 11 is 0. The smallest absolute Gasteiger partial charge is 0.310 e. The highest BCUT2D eigenvalue weighted by Crippen LogP contribution is 2.05. The summed E-state index contributed by atoms with van der Waals surface area (Å²) in [5.74, 6) is -0.226. The van der Waals surface area contributed by atoms with Crippen LogP contribution in [0.4, 0.5) is 0 Å². The zero-order chi connectivity index (χ0) is 14.9. The molecule has 21 heavy (non-hydrogen) atoms. The van der Waals surface area contributed by atoms with Crippen LogP contribution in [-0.4, -0.2) is 35.6 Å². The highest BCUT2D eigenvalue weighted by Gasteiger charge is 2.04. The van der Waals surface area contributed by atoms with E-state index >= 15 is 0 Å². The standard InChI is InChI=1S/C16H20N2O3/c1-14-4-2-5-15(12-14)13-16(19)21-11-10-20-9-8-18-7-3-6-17-18/h2-7,12H,8-11,13H2,1H3. The Morgan fingerprint density at radius 1 is 1.24 bits per heavy atom. The predicted octanol–water partition coefficient (Wildman–Crippen LogP) is 1.99. The van der Waals surface area contributed by atoms with Crippen LogP contribution in [0.2, 0.25) is 0 Å². The van der Waals surface area contributed by atoms with Crippen LogP contribution in [0, 0.1) is 6.92 Å². The van der Waals surface area contributed by atoms with Gasteiger partial charge in [-0.2, -0.15) is 5.10 Å². The molecule has 2 aromatic rings. The van der Waals surface area contributed by atoms with Gasteiger partial charge in [-0.05, 0) is 18.6 Å². The van der Waals surface area contributed by atoms with E-state index in [0.717, 1.165) is 11.1 Å². The molecule has 5 nitrogen and oxygen atoms in total. The third-order valence-electron chi connectivity index (χ3n) is 2.95. The first-order chi connectivity index (χ1) is 10.2. The Balaban J connectivity index is 1.55. The van der Waals surface area contributed by atoms with Crippen LogP contribution in [0.25, 0.3) is 0 Å². The molecular formula is C16H20N2O3. The van der Waals surface area contributed by atoms with Gasteiger partial charge in [0.1, 0.15) is 6.61 Å². The van der Waals surface area contributed by atoms with Crippen LogP contribution in [0.15, 0.2) is 42.7 Å². The SMILES string of the molecule is Cc1cccc(CC(=O)OCCOCCn2cccn2)c1. The maximum absolute atomic E-state index is 11.7. The second-order valence-electron chi connectivity index (χ2n) is 4.77. The van der Waals surface area contributed by atoms with Crippen LogP contribution >= 0.6 is 0 Å². The molecule has 0 radical (unpaired) electrons. The molecule has 0 aliphatic heterocycles. The fourth-order valence-electron chi connectivity index (χ4n) is 1.95. The highest BCUT2D eigenvalue weighted by atomic mass is 16.6. The zero-order valence-corrected chi connectivity index (χ0v) is 12.2. The van der Waals surface area contributed by atoms with Gasteiger partial charge in [0.05, 0.1) is 26.2 Å². The minimum Gasteiger partial charge on any atom is -0.463 e. The van der Waals surface area contributed by atoms with Crippen molar-refractivity contribution in [2.45, 2.75) is 19.9 Å². The van der Waals surface area contributed by atoms with Crippen molar-refractivity contribution in [3.05, 3.63) is 53.9 Å². The van der Waals surface area contributed by atoms with Gasteiger partial charge in [0, 0.05) is 12.4 Å². The highest BCUT2D eigenvalue weighted by molar-refractivity contribution is 5.72. The minimum absolute atomic E-state index is 0.226. The van der Waals surface area contributed by atoms with Crippen molar-refractivity contribution in [3.63, 3.8) is 0 Å². The Morgan fingerprint density at radius 3 is 2.90 bits per heavy atom. The molecule has 2 rings (SSSR count). The second kappa shape index (κ2) is 8.21. The van der Waals surface area contributed by atoms with Gasteiger partial charge in [-0.25, -0.2) is 0 Å². The first kappa shape index (κ1) is 15.3. The summed E-state index contributed by atoms with van der Waals surface area (Å²) in [5.41, 5.74) is 2.11. The maximum Gasteiger partial charge on any atom is 0.310 e.